The highest BCUT2D eigenvalue weighted by atomic mass is 15.2. The van der Waals surface area contributed by atoms with Gasteiger partial charge < -0.3 is 10.3 Å². The monoisotopic (exact) mass is 275 g/mol. The lowest BCUT2D eigenvalue weighted by atomic mass is 9.81. The van der Waals surface area contributed by atoms with E-state index in [9.17, 15) is 0 Å². The first-order valence-corrected chi connectivity index (χ1v) is 8.42. The van der Waals surface area contributed by atoms with E-state index >= 15 is 0 Å². The number of anilines is 1. The Balaban J connectivity index is 1.90. The van der Waals surface area contributed by atoms with Crippen LogP contribution in [0, 0.1) is 11.8 Å². The summed E-state index contributed by atoms with van der Waals surface area (Å²) in [6.07, 6.45) is 7.86. The molecular weight excluding hydrogens is 246 g/mol. The Morgan fingerprint density at radius 2 is 1.95 bits per heavy atom. The van der Waals surface area contributed by atoms with Gasteiger partial charge in [0.1, 0.15) is 11.6 Å². The van der Waals surface area contributed by atoms with Gasteiger partial charge in [0.05, 0.1) is 5.69 Å². The summed E-state index contributed by atoms with van der Waals surface area (Å²) < 4.78 is 2.33. The van der Waals surface area contributed by atoms with Crippen LogP contribution in [0.15, 0.2) is 0 Å². The summed E-state index contributed by atoms with van der Waals surface area (Å²) in [6.45, 7) is 7.92. The minimum Gasteiger partial charge on any atom is -0.384 e. The molecule has 1 aromatic rings. The van der Waals surface area contributed by atoms with E-state index in [4.69, 9.17) is 10.7 Å². The fraction of sp³-hybridized carbons (Fsp3) is 0.824. The molecule has 0 spiro atoms. The number of hydrogen-bond donors (Lipinski definition) is 1. The minimum absolute atomic E-state index is 0.602. The normalized spacial score (nSPS) is 27.2. The predicted octanol–water partition coefficient (Wildman–Crippen LogP) is 4.29. The molecule has 1 heterocycles. The van der Waals surface area contributed by atoms with Crippen LogP contribution < -0.4 is 5.73 Å². The van der Waals surface area contributed by atoms with Crippen molar-refractivity contribution in [2.75, 3.05) is 5.73 Å². The van der Waals surface area contributed by atoms with Gasteiger partial charge in [-0.2, -0.15) is 0 Å². The van der Waals surface area contributed by atoms with Crippen LogP contribution >= 0.6 is 0 Å². The van der Waals surface area contributed by atoms with E-state index in [2.05, 4.69) is 25.3 Å². The lowest BCUT2D eigenvalue weighted by Gasteiger charge is -2.25. The van der Waals surface area contributed by atoms with Crippen LogP contribution in [0.5, 0.6) is 0 Å². The zero-order valence-electron chi connectivity index (χ0n) is 13.2. The standard InChI is InChI=1S/C17H29N3/c1-11(2)10-20-16(18)15(19-17(20)13-7-8-13)14-6-4-5-12(3)9-14/h11-14H,4-10,18H2,1-3H3. The third-order valence-corrected chi connectivity index (χ3v) is 4.88. The first kappa shape index (κ1) is 14.0. The molecule has 2 fully saturated rings. The van der Waals surface area contributed by atoms with Gasteiger partial charge in [-0.15, -0.1) is 0 Å². The van der Waals surface area contributed by atoms with Crippen molar-refractivity contribution >= 4 is 5.82 Å². The fourth-order valence-corrected chi connectivity index (χ4v) is 3.70. The Kier molecular flexibility index (Phi) is 3.78. The van der Waals surface area contributed by atoms with Gasteiger partial charge in [-0.05, 0) is 37.5 Å². The summed E-state index contributed by atoms with van der Waals surface area (Å²) in [5.74, 6) is 4.99. The molecule has 1 aromatic heterocycles. The second-order valence-corrected chi connectivity index (χ2v) is 7.49. The van der Waals surface area contributed by atoms with Crippen LogP contribution in [-0.4, -0.2) is 9.55 Å². The van der Waals surface area contributed by atoms with Gasteiger partial charge in [0.25, 0.3) is 0 Å². The Morgan fingerprint density at radius 1 is 1.20 bits per heavy atom. The number of imidazole rings is 1. The van der Waals surface area contributed by atoms with Crippen molar-refractivity contribution in [1.29, 1.82) is 0 Å². The number of rotatable bonds is 4. The molecule has 2 aliphatic carbocycles. The van der Waals surface area contributed by atoms with Crippen molar-refractivity contribution in [1.82, 2.24) is 9.55 Å². The van der Waals surface area contributed by atoms with Crippen molar-refractivity contribution in [2.24, 2.45) is 11.8 Å². The minimum atomic E-state index is 0.602. The second-order valence-electron chi connectivity index (χ2n) is 7.49. The highest BCUT2D eigenvalue weighted by molar-refractivity contribution is 5.42. The molecule has 3 rings (SSSR count). The summed E-state index contributed by atoms with van der Waals surface area (Å²) in [6, 6.07) is 0. The number of aromatic nitrogens is 2. The molecule has 0 aromatic carbocycles. The molecule has 0 bridgehead atoms. The van der Waals surface area contributed by atoms with Gasteiger partial charge in [0.15, 0.2) is 0 Å². The van der Waals surface area contributed by atoms with Crippen LogP contribution in [0.25, 0.3) is 0 Å². The Bertz CT molecular complexity index is 471. The predicted molar refractivity (Wildman–Crippen MR) is 83.8 cm³/mol. The third-order valence-electron chi connectivity index (χ3n) is 4.88. The molecule has 0 radical (unpaired) electrons. The third kappa shape index (κ3) is 2.72. The number of hydrogen-bond acceptors (Lipinski definition) is 2. The summed E-state index contributed by atoms with van der Waals surface area (Å²) in [5, 5.41) is 0. The van der Waals surface area contributed by atoms with Crippen molar-refractivity contribution in [3.8, 4) is 0 Å². The van der Waals surface area contributed by atoms with E-state index in [1.807, 2.05) is 0 Å². The highest BCUT2D eigenvalue weighted by Crippen LogP contribution is 2.44. The van der Waals surface area contributed by atoms with E-state index in [1.165, 1.54) is 50.0 Å². The van der Waals surface area contributed by atoms with Crippen molar-refractivity contribution < 1.29 is 0 Å². The van der Waals surface area contributed by atoms with Crippen LogP contribution in [0.3, 0.4) is 0 Å². The lowest BCUT2D eigenvalue weighted by Crippen LogP contribution is -2.14. The number of nitrogens with zero attached hydrogens (tertiary/aromatic N) is 2. The average Bonchev–Trinajstić information content (AvgIpc) is 3.17. The van der Waals surface area contributed by atoms with Gasteiger partial charge >= 0.3 is 0 Å². The molecule has 0 saturated heterocycles. The Morgan fingerprint density at radius 3 is 2.55 bits per heavy atom. The lowest BCUT2D eigenvalue weighted by molar-refractivity contribution is 0.341. The number of nitrogens with two attached hydrogens (primary N) is 1. The molecule has 2 saturated carbocycles. The zero-order chi connectivity index (χ0) is 14.3. The van der Waals surface area contributed by atoms with E-state index in [0.29, 0.717) is 17.8 Å². The van der Waals surface area contributed by atoms with Gasteiger partial charge in [0, 0.05) is 18.4 Å². The topological polar surface area (TPSA) is 43.8 Å². The highest BCUT2D eigenvalue weighted by Gasteiger charge is 2.33. The molecule has 3 nitrogen and oxygen atoms in total. The molecule has 0 amide bonds. The second kappa shape index (κ2) is 5.42. The van der Waals surface area contributed by atoms with Crippen molar-refractivity contribution in [3.63, 3.8) is 0 Å². The smallest absolute Gasteiger partial charge is 0.127 e. The molecule has 112 valence electrons. The molecular formula is C17H29N3. The fourth-order valence-electron chi connectivity index (χ4n) is 3.70. The molecule has 3 heteroatoms. The molecule has 2 N–H and O–H groups in total. The summed E-state index contributed by atoms with van der Waals surface area (Å²) in [7, 11) is 0. The van der Waals surface area contributed by atoms with E-state index in [1.54, 1.807) is 0 Å². The average molecular weight is 275 g/mol. The quantitative estimate of drug-likeness (QED) is 0.890. The molecule has 2 unspecified atom stereocenters. The Hall–Kier alpha value is -0.990. The van der Waals surface area contributed by atoms with E-state index in [-0.39, 0.29) is 0 Å². The SMILES string of the molecule is CC(C)Cn1c(C2CC2)nc(C2CCCC(C)C2)c1N. The first-order valence-electron chi connectivity index (χ1n) is 8.42. The summed E-state index contributed by atoms with van der Waals surface area (Å²) in [5.41, 5.74) is 7.72. The van der Waals surface area contributed by atoms with Gasteiger partial charge in [-0.3, -0.25) is 0 Å². The van der Waals surface area contributed by atoms with Gasteiger partial charge in [-0.25, -0.2) is 4.98 Å². The Labute approximate surface area is 123 Å². The molecule has 0 aliphatic heterocycles. The van der Waals surface area contributed by atoms with Crippen LogP contribution in [0.4, 0.5) is 5.82 Å². The summed E-state index contributed by atoms with van der Waals surface area (Å²) >= 11 is 0. The maximum atomic E-state index is 6.49. The van der Waals surface area contributed by atoms with Crippen LogP contribution in [-0.2, 0) is 6.54 Å². The van der Waals surface area contributed by atoms with E-state index < -0.39 is 0 Å². The van der Waals surface area contributed by atoms with Crippen molar-refractivity contribution in [2.45, 2.75) is 77.7 Å². The summed E-state index contributed by atoms with van der Waals surface area (Å²) in [4.78, 5) is 5.02. The number of nitrogen functional groups attached to an aromatic ring is 1. The zero-order valence-corrected chi connectivity index (χ0v) is 13.2. The van der Waals surface area contributed by atoms with Gasteiger partial charge in [-0.1, -0.05) is 33.6 Å². The maximum Gasteiger partial charge on any atom is 0.127 e. The maximum absolute atomic E-state index is 6.49. The molecule has 2 atom stereocenters. The molecule has 20 heavy (non-hydrogen) atoms. The van der Waals surface area contributed by atoms with E-state index in [0.717, 1.165) is 18.3 Å². The molecule has 2 aliphatic rings. The van der Waals surface area contributed by atoms with Crippen LogP contribution in [0.1, 0.15) is 82.7 Å². The largest absolute Gasteiger partial charge is 0.384 e. The first-order chi connectivity index (χ1) is 9.56. The van der Waals surface area contributed by atoms with Gasteiger partial charge in [0.2, 0.25) is 0 Å². The van der Waals surface area contributed by atoms with Crippen LogP contribution in [0.2, 0.25) is 0 Å². The van der Waals surface area contributed by atoms with Crippen molar-refractivity contribution in [3.05, 3.63) is 11.5 Å².